The molecular weight excluding hydrogens is 550 g/mol. The number of benzene rings is 2. The fraction of sp³-hybridized carbons (Fsp3) is 0.357. The van der Waals surface area contributed by atoms with Gasteiger partial charge in [0.05, 0.1) is 39.3 Å². The molecule has 2 atom stereocenters. The molecule has 0 aliphatic carbocycles. The normalized spacial score (nSPS) is 13.0. The summed E-state index contributed by atoms with van der Waals surface area (Å²) >= 11 is 0. The van der Waals surface area contributed by atoms with Gasteiger partial charge in [0.25, 0.3) is 0 Å². The van der Waals surface area contributed by atoms with Gasteiger partial charge in [-0.1, -0.05) is 6.07 Å². The third-order valence-corrected chi connectivity index (χ3v) is 8.68. The quantitative estimate of drug-likeness (QED) is 0.241. The Morgan fingerprint density at radius 3 is 2.05 bits per heavy atom. The first kappa shape index (κ1) is 29.7. The van der Waals surface area contributed by atoms with Gasteiger partial charge in [0.1, 0.15) is 40.5 Å². The molecule has 0 saturated heterocycles. The minimum Gasteiger partial charge on any atom is -0.497 e. The lowest BCUT2D eigenvalue weighted by molar-refractivity contribution is 0.0947. The van der Waals surface area contributed by atoms with E-state index < -0.39 is 26.9 Å². The molecule has 0 bridgehead atoms. The smallest absolute Gasteiger partial charge is 0.172 e. The highest BCUT2D eigenvalue weighted by Gasteiger charge is 2.35. The summed E-state index contributed by atoms with van der Waals surface area (Å²) in [5, 5.41) is 7.74. The van der Waals surface area contributed by atoms with Crippen molar-refractivity contribution in [1.29, 1.82) is 0 Å². The Bertz CT molecular complexity index is 1580. The molecule has 4 aromatic rings. The lowest BCUT2D eigenvalue weighted by atomic mass is 10.1. The summed E-state index contributed by atoms with van der Waals surface area (Å²) in [5.74, 6) is 2.07. The fourth-order valence-electron chi connectivity index (χ4n) is 4.42. The zero-order chi connectivity index (χ0) is 29.7. The minimum atomic E-state index is -3.92. The Morgan fingerprint density at radius 2 is 1.49 bits per heavy atom. The molecule has 0 aliphatic heterocycles. The number of methoxy groups -OCH3 is 5. The Balaban J connectivity index is 1.90. The van der Waals surface area contributed by atoms with Crippen LogP contribution in [0.1, 0.15) is 30.2 Å². The minimum absolute atomic E-state index is 0.124. The number of sulfone groups is 1. The Kier molecular flexibility index (Phi) is 9.08. The van der Waals surface area contributed by atoms with Gasteiger partial charge >= 0.3 is 0 Å². The van der Waals surface area contributed by atoms with Crippen LogP contribution in [-0.4, -0.2) is 73.9 Å². The van der Waals surface area contributed by atoms with Crippen LogP contribution in [-0.2, 0) is 20.3 Å². The highest BCUT2D eigenvalue weighted by atomic mass is 32.2. The molecule has 2 aromatic carbocycles. The van der Waals surface area contributed by atoms with Crippen LogP contribution in [0.25, 0.3) is 17.1 Å². The van der Waals surface area contributed by atoms with Crippen molar-refractivity contribution < 1.29 is 32.1 Å². The van der Waals surface area contributed by atoms with Crippen LogP contribution in [0.4, 0.5) is 0 Å². The van der Waals surface area contributed by atoms with Crippen molar-refractivity contribution in [2.24, 2.45) is 0 Å². The zero-order valence-corrected chi connectivity index (χ0v) is 24.8. The average molecular weight is 584 g/mol. The molecule has 4 rings (SSSR count). The van der Waals surface area contributed by atoms with E-state index in [1.807, 2.05) is 6.92 Å². The van der Waals surface area contributed by atoms with Crippen molar-refractivity contribution in [1.82, 2.24) is 24.7 Å². The van der Waals surface area contributed by atoms with Gasteiger partial charge in [-0.05, 0) is 49.7 Å². The van der Waals surface area contributed by atoms with Crippen LogP contribution in [0.5, 0.6) is 23.0 Å². The van der Waals surface area contributed by atoms with Crippen molar-refractivity contribution in [2.75, 3.05) is 35.5 Å². The number of para-hydroxylation sites is 1. The van der Waals surface area contributed by atoms with Crippen LogP contribution in [0.15, 0.2) is 48.8 Å². The van der Waals surface area contributed by atoms with Gasteiger partial charge in [-0.3, -0.25) is 4.57 Å². The first-order valence-corrected chi connectivity index (χ1v) is 14.3. The third-order valence-electron chi connectivity index (χ3n) is 6.64. The fourth-order valence-corrected chi connectivity index (χ4v) is 5.84. The molecule has 0 fully saturated rings. The van der Waals surface area contributed by atoms with Crippen LogP contribution < -0.4 is 18.9 Å². The van der Waals surface area contributed by atoms with Crippen molar-refractivity contribution in [2.45, 2.75) is 31.0 Å². The number of nitrogens with zero attached hydrogens (tertiary/aromatic N) is 5. The van der Waals surface area contributed by atoms with Crippen molar-refractivity contribution in [3.05, 3.63) is 66.0 Å². The molecule has 41 heavy (non-hydrogen) atoms. The van der Waals surface area contributed by atoms with E-state index >= 15 is 0 Å². The second-order valence-electron chi connectivity index (χ2n) is 9.14. The monoisotopic (exact) mass is 583 g/mol. The molecule has 2 heterocycles. The van der Waals surface area contributed by atoms with Crippen molar-refractivity contribution in [3.63, 3.8) is 0 Å². The number of ether oxygens (including phenoxy) is 5. The summed E-state index contributed by atoms with van der Waals surface area (Å²) in [6.07, 6.45) is 2.33. The Morgan fingerprint density at radius 1 is 0.854 bits per heavy atom. The molecule has 13 heteroatoms. The van der Waals surface area contributed by atoms with Gasteiger partial charge in [-0.15, -0.1) is 10.2 Å². The molecule has 2 aromatic heterocycles. The van der Waals surface area contributed by atoms with Gasteiger partial charge in [0.15, 0.2) is 27.3 Å². The molecule has 0 spiro atoms. The van der Waals surface area contributed by atoms with Gasteiger partial charge in [-0.25, -0.2) is 18.4 Å². The van der Waals surface area contributed by atoms with Crippen molar-refractivity contribution in [3.8, 4) is 40.1 Å². The van der Waals surface area contributed by atoms with Crippen LogP contribution in [0, 0.1) is 6.92 Å². The van der Waals surface area contributed by atoms with E-state index in [0.717, 1.165) is 5.56 Å². The summed E-state index contributed by atoms with van der Waals surface area (Å²) in [4.78, 5) is 8.58. The molecular formula is C28H33N5O7S. The van der Waals surface area contributed by atoms with E-state index in [1.54, 1.807) is 67.4 Å². The summed E-state index contributed by atoms with van der Waals surface area (Å²) in [5.41, 5.74) is 1.79. The van der Waals surface area contributed by atoms with Gasteiger partial charge in [0, 0.05) is 19.5 Å². The lowest BCUT2D eigenvalue weighted by Gasteiger charge is -2.22. The first-order chi connectivity index (χ1) is 19.7. The SMILES string of the molecule is COc1ccc(OC)c(-c2nnc(CS(=O)(=O)[C@@H](C)[C@H](OC)c3ncc(C)cn3)n2-c2c(OC)cccc2OC)c1. The predicted molar refractivity (Wildman–Crippen MR) is 152 cm³/mol. The molecule has 0 unspecified atom stereocenters. The molecule has 0 radical (unpaired) electrons. The molecule has 0 N–H and O–H groups in total. The highest BCUT2D eigenvalue weighted by Crippen LogP contribution is 2.40. The molecule has 0 saturated carbocycles. The number of hydrogen-bond acceptors (Lipinski definition) is 11. The Labute approximate surface area is 239 Å². The second kappa shape index (κ2) is 12.5. The number of aromatic nitrogens is 5. The van der Waals surface area contributed by atoms with Crippen LogP contribution in [0.2, 0.25) is 0 Å². The summed E-state index contributed by atoms with van der Waals surface area (Å²) in [7, 11) is 3.61. The van der Waals surface area contributed by atoms with E-state index in [0.29, 0.717) is 40.1 Å². The van der Waals surface area contributed by atoms with Gasteiger partial charge in [-0.2, -0.15) is 0 Å². The third kappa shape index (κ3) is 5.95. The first-order valence-electron chi connectivity index (χ1n) is 12.6. The Hall–Kier alpha value is -4.23. The van der Waals surface area contributed by atoms with Crippen molar-refractivity contribution >= 4 is 9.84 Å². The molecule has 12 nitrogen and oxygen atoms in total. The maximum Gasteiger partial charge on any atom is 0.172 e. The maximum atomic E-state index is 13.9. The number of aryl methyl sites for hydroxylation is 1. The molecule has 0 amide bonds. The van der Waals surface area contributed by atoms with E-state index in [9.17, 15) is 8.42 Å². The summed E-state index contributed by atoms with van der Waals surface area (Å²) in [6.45, 7) is 3.41. The zero-order valence-electron chi connectivity index (χ0n) is 24.0. The van der Waals surface area contributed by atoms with E-state index in [4.69, 9.17) is 23.7 Å². The number of hydrogen-bond donors (Lipinski definition) is 0. The van der Waals surface area contributed by atoms with E-state index in [-0.39, 0.29) is 11.6 Å². The highest BCUT2D eigenvalue weighted by molar-refractivity contribution is 7.91. The summed E-state index contributed by atoms with van der Waals surface area (Å²) in [6, 6.07) is 10.5. The summed E-state index contributed by atoms with van der Waals surface area (Å²) < 4.78 is 57.3. The van der Waals surface area contributed by atoms with Crippen LogP contribution >= 0.6 is 0 Å². The van der Waals surface area contributed by atoms with E-state index in [1.165, 1.54) is 28.4 Å². The molecule has 0 aliphatic rings. The maximum absolute atomic E-state index is 13.9. The second-order valence-corrected chi connectivity index (χ2v) is 11.5. The standard InChI is InChI=1S/C28H33N5O7S/c1-17-14-29-27(30-15-17)26(40-7)18(2)41(34,35)16-24-31-32-28(20-13-19(36-3)11-12-21(20)37-4)33(24)25-22(38-5)9-8-10-23(25)39-6/h8-15,18,26H,16H2,1-7H3/t18-,26-/m0/s1. The van der Waals surface area contributed by atoms with Gasteiger partial charge < -0.3 is 23.7 Å². The van der Waals surface area contributed by atoms with E-state index in [2.05, 4.69) is 20.2 Å². The number of rotatable bonds is 12. The largest absolute Gasteiger partial charge is 0.497 e. The predicted octanol–water partition coefficient (Wildman–Crippen LogP) is 3.76. The average Bonchev–Trinajstić information content (AvgIpc) is 3.39. The molecule has 218 valence electrons. The lowest BCUT2D eigenvalue weighted by Crippen LogP contribution is -2.30. The topological polar surface area (TPSA) is 137 Å². The van der Waals surface area contributed by atoms with Gasteiger partial charge in [0.2, 0.25) is 0 Å². The van der Waals surface area contributed by atoms with Crippen LogP contribution in [0.3, 0.4) is 0 Å².